The molecule has 1 N–H and O–H groups in total. The van der Waals surface area contributed by atoms with Gasteiger partial charge in [0.05, 0.1) is 5.39 Å². The molecule has 2 aromatic carbocycles. The first-order valence-electron chi connectivity index (χ1n) is 6.70. The molecule has 0 aliphatic heterocycles. The maximum atomic E-state index is 9.13. The Balaban J connectivity index is 2.38. The first-order chi connectivity index (χ1) is 9.50. The Morgan fingerprint density at radius 3 is 2.55 bits per heavy atom. The van der Waals surface area contributed by atoms with E-state index < -0.39 is 0 Å². The molecule has 20 heavy (non-hydrogen) atoms. The van der Waals surface area contributed by atoms with Crippen molar-refractivity contribution >= 4 is 29.6 Å². The van der Waals surface area contributed by atoms with Crippen LogP contribution in [0.2, 0.25) is 0 Å². The van der Waals surface area contributed by atoms with E-state index in [0.29, 0.717) is 5.75 Å². The van der Waals surface area contributed by atoms with Gasteiger partial charge in [0.15, 0.2) is 0 Å². The number of fused-ring (bicyclic) bond motifs is 3. The summed E-state index contributed by atoms with van der Waals surface area (Å²) < 4.78 is 11.3. The Bertz CT molecular complexity index is 768. The van der Waals surface area contributed by atoms with Gasteiger partial charge in [-0.1, -0.05) is 39.0 Å². The zero-order chi connectivity index (χ0) is 14.3. The van der Waals surface area contributed by atoms with E-state index >= 15 is 0 Å². The van der Waals surface area contributed by atoms with Gasteiger partial charge in [-0.3, -0.25) is 0 Å². The van der Waals surface area contributed by atoms with Crippen LogP contribution in [0.25, 0.3) is 21.9 Å². The van der Waals surface area contributed by atoms with Gasteiger partial charge in [0.2, 0.25) is 0 Å². The lowest BCUT2D eigenvalue weighted by atomic mass is 9.86. The Morgan fingerprint density at radius 1 is 1.10 bits per heavy atom. The van der Waals surface area contributed by atoms with Crippen molar-refractivity contribution in [2.24, 2.45) is 0 Å². The molecule has 0 aliphatic carbocycles. The van der Waals surface area contributed by atoms with Gasteiger partial charge in [-0.2, -0.15) is 0 Å². The molecule has 3 aromatic rings. The normalized spacial score (nSPS) is 12.0. The van der Waals surface area contributed by atoms with Gasteiger partial charge in [0, 0.05) is 5.39 Å². The smallest absolute Gasteiger partial charge is 0.504 e. The summed E-state index contributed by atoms with van der Waals surface area (Å²) in [5.41, 5.74) is 2.73. The molecule has 4 heteroatoms. The first-order valence-corrected chi connectivity index (χ1v) is 6.70. The summed E-state index contributed by atoms with van der Waals surface area (Å²) in [4.78, 5) is 0. The van der Waals surface area contributed by atoms with Gasteiger partial charge in [-0.05, 0) is 29.2 Å². The number of rotatable bonds is 2. The zero-order valence-corrected chi connectivity index (χ0v) is 11.9. The molecule has 0 bridgehead atoms. The minimum Gasteiger partial charge on any atom is -0.538 e. The summed E-state index contributed by atoms with van der Waals surface area (Å²) in [7, 11) is -0.345. The molecule has 1 aromatic heterocycles. The van der Waals surface area contributed by atoms with E-state index in [4.69, 9.17) is 14.1 Å². The molecule has 0 radical (unpaired) electrons. The number of para-hydroxylation sites is 1. The zero-order valence-electron chi connectivity index (χ0n) is 11.9. The number of hydrogen-bond acceptors (Lipinski definition) is 3. The molecule has 0 amide bonds. The van der Waals surface area contributed by atoms with Crippen molar-refractivity contribution in [2.45, 2.75) is 26.2 Å². The minimum absolute atomic E-state index is 0.0132. The van der Waals surface area contributed by atoms with Crippen molar-refractivity contribution in [2.75, 3.05) is 0 Å². The molecule has 0 spiro atoms. The summed E-state index contributed by atoms with van der Waals surface area (Å²) in [5.74, 6) is 0.667. The van der Waals surface area contributed by atoms with Crippen LogP contribution in [0.1, 0.15) is 26.3 Å². The quantitative estimate of drug-likeness (QED) is 0.723. The average molecular weight is 268 g/mol. The van der Waals surface area contributed by atoms with Crippen molar-refractivity contribution in [1.29, 1.82) is 0 Å². The molecule has 3 rings (SSSR count). The van der Waals surface area contributed by atoms with Crippen molar-refractivity contribution in [1.82, 2.24) is 0 Å². The van der Waals surface area contributed by atoms with Crippen LogP contribution < -0.4 is 4.65 Å². The van der Waals surface area contributed by atoms with E-state index in [-0.39, 0.29) is 13.1 Å². The van der Waals surface area contributed by atoms with Crippen molar-refractivity contribution in [3.63, 3.8) is 0 Å². The van der Waals surface area contributed by atoms with Crippen molar-refractivity contribution < 1.29 is 14.1 Å². The van der Waals surface area contributed by atoms with E-state index in [1.807, 2.05) is 30.3 Å². The largest absolute Gasteiger partial charge is 0.538 e. The lowest BCUT2D eigenvalue weighted by molar-refractivity contribution is 0.455. The Kier molecular flexibility index (Phi) is 2.98. The van der Waals surface area contributed by atoms with Gasteiger partial charge in [-0.15, -0.1) is 0 Å². The number of hydrogen-bond donors (Lipinski definition) is 1. The third-order valence-corrected chi connectivity index (χ3v) is 3.53. The van der Waals surface area contributed by atoms with Crippen LogP contribution in [0.5, 0.6) is 5.75 Å². The summed E-state index contributed by atoms with van der Waals surface area (Å²) in [5, 5.41) is 11.1. The predicted molar refractivity (Wildman–Crippen MR) is 82.4 cm³/mol. The molecular weight excluding hydrogens is 251 g/mol. The number of benzene rings is 2. The molecule has 0 atom stereocenters. The van der Waals surface area contributed by atoms with E-state index in [1.165, 1.54) is 0 Å². The fraction of sp³-hybridized carbons (Fsp3) is 0.250. The maximum absolute atomic E-state index is 9.13. The fourth-order valence-corrected chi connectivity index (χ4v) is 2.43. The van der Waals surface area contributed by atoms with Gasteiger partial charge in [0.25, 0.3) is 0 Å². The Labute approximate surface area is 118 Å². The highest BCUT2D eigenvalue weighted by Gasteiger charge is 2.20. The molecule has 0 unspecified atom stereocenters. The van der Waals surface area contributed by atoms with Crippen LogP contribution in [0.4, 0.5) is 0 Å². The minimum atomic E-state index is -0.345. The van der Waals surface area contributed by atoms with E-state index in [1.54, 1.807) is 0 Å². The highest BCUT2D eigenvalue weighted by Crippen LogP contribution is 2.39. The van der Waals surface area contributed by atoms with E-state index in [9.17, 15) is 0 Å². The summed E-state index contributed by atoms with van der Waals surface area (Å²) in [6.07, 6.45) is 0. The summed E-state index contributed by atoms with van der Waals surface area (Å²) >= 11 is 0. The third kappa shape index (κ3) is 2.06. The highest BCUT2D eigenvalue weighted by molar-refractivity contribution is 6.19. The second-order valence-electron chi connectivity index (χ2n) is 5.97. The van der Waals surface area contributed by atoms with Gasteiger partial charge < -0.3 is 14.1 Å². The predicted octanol–water partition coefficient (Wildman–Crippen LogP) is 3.52. The van der Waals surface area contributed by atoms with Crippen LogP contribution >= 0.6 is 0 Å². The van der Waals surface area contributed by atoms with Crippen LogP contribution in [-0.4, -0.2) is 12.7 Å². The monoisotopic (exact) mass is 268 g/mol. The van der Waals surface area contributed by atoms with E-state index in [2.05, 4.69) is 26.8 Å². The molecule has 0 aliphatic rings. The molecule has 0 fully saturated rings. The fourth-order valence-electron chi connectivity index (χ4n) is 2.43. The lowest BCUT2D eigenvalue weighted by Gasteiger charge is -2.20. The molecule has 0 saturated heterocycles. The topological polar surface area (TPSA) is 42.6 Å². The van der Waals surface area contributed by atoms with Gasteiger partial charge in [0.1, 0.15) is 16.9 Å². The van der Waals surface area contributed by atoms with Crippen LogP contribution in [-0.2, 0) is 5.41 Å². The number of furan rings is 1. The first kappa shape index (κ1) is 13.1. The summed E-state index contributed by atoms with van der Waals surface area (Å²) in [6.45, 7) is 6.42. The van der Waals surface area contributed by atoms with Crippen molar-refractivity contribution in [3.05, 3.63) is 42.0 Å². The molecule has 0 saturated carbocycles. The van der Waals surface area contributed by atoms with Crippen LogP contribution in [0.3, 0.4) is 0 Å². The summed E-state index contributed by atoms with van der Waals surface area (Å²) in [6, 6.07) is 11.9. The van der Waals surface area contributed by atoms with Gasteiger partial charge >= 0.3 is 7.69 Å². The molecule has 3 nitrogen and oxygen atoms in total. The molecule has 1 heterocycles. The van der Waals surface area contributed by atoms with Crippen LogP contribution in [0.15, 0.2) is 40.8 Å². The Morgan fingerprint density at radius 2 is 1.85 bits per heavy atom. The SMILES string of the molecule is CC(C)(C)c1cc(OBO)c2c(c1)oc1ccccc12. The highest BCUT2D eigenvalue weighted by atomic mass is 16.5. The van der Waals surface area contributed by atoms with Gasteiger partial charge in [-0.25, -0.2) is 0 Å². The third-order valence-electron chi connectivity index (χ3n) is 3.53. The van der Waals surface area contributed by atoms with Crippen LogP contribution in [0, 0.1) is 0 Å². The lowest BCUT2D eigenvalue weighted by Crippen LogP contribution is -2.11. The standard InChI is InChI=1S/C16H17BO3/c1-16(2,3)10-8-13-15(14(9-10)20-17-18)11-6-4-5-7-12(11)19-13/h4-9,17-18H,1-3H3. The van der Waals surface area contributed by atoms with E-state index in [0.717, 1.165) is 27.5 Å². The second kappa shape index (κ2) is 4.56. The molecular formula is C16H17BO3. The molecule has 102 valence electrons. The van der Waals surface area contributed by atoms with Crippen molar-refractivity contribution in [3.8, 4) is 5.75 Å². The maximum Gasteiger partial charge on any atom is 0.504 e. The Hall–Kier alpha value is -1.94. The second-order valence-corrected chi connectivity index (χ2v) is 5.97. The average Bonchev–Trinajstić information content (AvgIpc) is 2.76.